The zero-order valence-electron chi connectivity index (χ0n) is 12.9. The minimum Gasteiger partial charge on any atom is -0.372 e. The molecule has 0 bridgehead atoms. The van der Waals surface area contributed by atoms with Crippen LogP contribution in [-0.2, 0) is 0 Å². The van der Waals surface area contributed by atoms with Crippen molar-refractivity contribution in [3.05, 3.63) is 58.6 Å². The van der Waals surface area contributed by atoms with Gasteiger partial charge in [-0.15, -0.1) is 0 Å². The summed E-state index contributed by atoms with van der Waals surface area (Å²) >= 11 is 0. The van der Waals surface area contributed by atoms with Gasteiger partial charge in [-0.05, 0) is 30.2 Å². The van der Waals surface area contributed by atoms with Crippen LogP contribution >= 0.6 is 0 Å². The maximum absolute atomic E-state index is 12.5. The van der Waals surface area contributed by atoms with E-state index in [9.17, 15) is 4.79 Å². The largest absolute Gasteiger partial charge is 0.372 e. The number of pyridine rings is 1. The Labute approximate surface area is 128 Å². The molecule has 0 saturated carbocycles. The van der Waals surface area contributed by atoms with Gasteiger partial charge in [0.05, 0.1) is 11.1 Å². The van der Waals surface area contributed by atoms with E-state index in [1.165, 1.54) is 0 Å². The normalized spacial score (nSPS) is 11.1. The summed E-state index contributed by atoms with van der Waals surface area (Å²) in [5.41, 5.74) is 2.00. The number of nitrogens with zero attached hydrogens (tertiary/aromatic N) is 3. The summed E-state index contributed by atoms with van der Waals surface area (Å²) in [6.45, 7) is 4.17. The molecule has 0 fully saturated rings. The van der Waals surface area contributed by atoms with Crippen LogP contribution in [0.4, 0.5) is 5.82 Å². The van der Waals surface area contributed by atoms with Crippen LogP contribution in [0.15, 0.2) is 47.3 Å². The lowest BCUT2D eigenvalue weighted by Crippen LogP contribution is -2.24. The second kappa shape index (κ2) is 5.60. The molecular weight excluding hydrogens is 276 g/mol. The van der Waals surface area contributed by atoms with Crippen molar-refractivity contribution >= 4 is 16.9 Å². The first-order chi connectivity index (χ1) is 10.6. The number of para-hydroxylation sites is 1. The standard InChI is InChI=1S/C17H18N4O/c1-11(2)14-10-9-13-15(18-3)20-17(22)21(16(13)19-14)12-7-5-4-6-8-12/h4-11H,1-3H3,(H,18,20,22). The zero-order chi connectivity index (χ0) is 15.7. The summed E-state index contributed by atoms with van der Waals surface area (Å²) in [5, 5.41) is 3.80. The summed E-state index contributed by atoms with van der Waals surface area (Å²) in [5.74, 6) is 0.838. The fourth-order valence-corrected chi connectivity index (χ4v) is 2.44. The molecule has 3 aromatic rings. The molecule has 0 aliphatic heterocycles. The molecule has 112 valence electrons. The van der Waals surface area contributed by atoms with Crippen LogP contribution in [0.25, 0.3) is 16.7 Å². The Kier molecular flexibility index (Phi) is 3.63. The van der Waals surface area contributed by atoms with Crippen LogP contribution in [0, 0.1) is 0 Å². The Hall–Kier alpha value is -2.69. The highest BCUT2D eigenvalue weighted by molar-refractivity contribution is 5.87. The van der Waals surface area contributed by atoms with Gasteiger partial charge in [-0.25, -0.2) is 14.3 Å². The molecular formula is C17H18N4O. The van der Waals surface area contributed by atoms with Crippen molar-refractivity contribution in [3.63, 3.8) is 0 Å². The van der Waals surface area contributed by atoms with Crippen molar-refractivity contribution in [1.29, 1.82) is 0 Å². The highest BCUT2D eigenvalue weighted by Gasteiger charge is 2.14. The highest BCUT2D eigenvalue weighted by Crippen LogP contribution is 2.23. The summed E-state index contributed by atoms with van der Waals surface area (Å²) in [6, 6.07) is 13.4. The quantitative estimate of drug-likeness (QED) is 0.807. The van der Waals surface area contributed by atoms with E-state index in [0.29, 0.717) is 11.5 Å². The average Bonchev–Trinajstić information content (AvgIpc) is 2.54. The molecule has 0 amide bonds. The molecule has 5 heteroatoms. The first kappa shape index (κ1) is 14.3. The SMILES string of the molecule is CNc1nc(=O)n(-c2ccccc2)c2nc(C(C)C)ccc12. The van der Waals surface area contributed by atoms with E-state index in [4.69, 9.17) is 4.98 Å². The molecule has 3 rings (SSSR count). The number of hydrogen-bond acceptors (Lipinski definition) is 4. The van der Waals surface area contributed by atoms with Gasteiger partial charge in [-0.2, -0.15) is 4.98 Å². The van der Waals surface area contributed by atoms with Crippen molar-refractivity contribution < 1.29 is 0 Å². The lowest BCUT2D eigenvalue weighted by Gasteiger charge is -2.13. The predicted octanol–water partition coefficient (Wildman–Crippen LogP) is 2.95. The third kappa shape index (κ3) is 2.35. The molecule has 22 heavy (non-hydrogen) atoms. The van der Waals surface area contributed by atoms with E-state index >= 15 is 0 Å². The Morgan fingerprint density at radius 2 is 1.77 bits per heavy atom. The lowest BCUT2D eigenvalue weighted by molar-refractivity contribution is 0.819. The van der Waals surface area contributed by atoms with Crippen molar-refractivity contribution in [2.75, 3.05) is 12.4 Å². The second-order valence-electron chi connectivity index (χ2n) is 5.43. The molecule has 0 aliphatic carbocycles. The minimum atomic E-state index is -0.337. The van der Waals surface area contributed by atoms with E-state index < -0.39 is 0 Å². The Bertz CT molecular complexity index is 869. The van der Waals surface area contributed by atoms with E-state index in [-0.39, 0.29) is 11.6 Å². The maximum Gasteiger partial charge on any atom is 0.355 e. The highest BCUT2D eigenvalue weighted by atomic mass is 16.1. The van der Waals surface area contributed by atoms with Crippen LogP contribution < -0.4 is 11.0 Å². The molecule has 1 N–H and O–H groups in total. The third-order valence-electron chi connectivity index (χ3n) is 3.61. The van der Waals surface area contributed by atoms with Gasteiger partial charge in [0.1, 0.15) is 5.82 Å². The fourth-order valence-electron chi connectivity index (χ4n) is 2.44. The Morgan fingerprint density at radius 3 is 2.41 bits per heavy atom. The number of benzene rings is 1. The molecule has 0 radical (unpaired) electrons. The molecule has 1 aromatic carbocycles. The van der Waals surface area contributed by atoms with Crippen LogP contribution in [-0.4, -0.2) is 21.6 Å². The van der Waals surface area contributed by atoms with E-state index in [0.717, 1.165) is 16.8 Å². The topological polar surface area (TPSA) is 59.8 Å². The van der Waals surface area contributed by atoms with Crippen molar-refractivity contribution in [1.82, 2.24) is 14.5 Å². The lowest BCUT2D eigenvalue weighted by atomic mass is 10.1. The Balaban J connectivity index is 2.42. The first-order valence-corrected chi connectivity index (χ1v) is 7.28. The third-order valence-corrected chi connectivity index (χ3v) is 3.61. The molecule has 2 aromatic heterocycles. The van der Waals surface area contributed by atoms with E-state index in [2.05, 4.69) is 24.1 Å². The maximum atomic E-state index is 12.5. The van der Waals surface area contributed by atoms with Crippen LogP contribution in [0.1, 0.15) is 25.5 Å². The van der Waals surface area contributed by atoms with Crippen molar-refractivity contribution in [3.8, 4) is 5.69 Å². The van der Waals surface area contributed by atoms with Gasteiger partial charge in [0, 0.05) is 12.7 Å². The smallest absolute Gasteiger partial charge is 0.355 e. The number of rotatable bonds is 3. The summed E-state index contributed by atoms with van der Waals surface area (Å²) < 4.78 is 1.56. The molecule has 5 nitrogen and oxygen atoms in total. The number of fused-ring (bicyclic) bond motifs is 1. The number of hydrogen-bond donors (Lipinski definition) is 1. The minimum absolute atomic E-state index is 0.287. The van der Waals surface area contributed by atoms with Crippen LogP contribution in [0.3, 0.4) is 0 Å². The molecule has 0 saturated heterocycles. The van der Waals surface area contributed by atoms with Gasteiger partial charge >= 0.3 is 5.69 Å². The summed E-state index contributed by atoms with van der Waals surface area (Å²) in [7, 11) is 1.75. The molecule has 2 heterocycles. The van der Waals surface area contributed by atoms with Gasteiger partial charge < -0.3 is 5.32 Å². The summed E-state index contributed by atoms with van der Waals surface area (Å²) in [4.78, 5) is 21.3. The van der Waals surface area contributed by atoms with Crippen LogP contribution in [0.5, 0.6) is 0 Å². The average molecular weight is 294 g/mol. The first-order valence-electron chi connectivity index (χ1n) is 7.28. The van der Waals surface area contributed by atoms with Crippen molar-refractivity contribution in [2.45, 2.75) is 19.8 Å². The van der Waals surface area contributed by atoms with E-state index in [1.807, 2.05) is 42.5 Å². The predicted molar refractivity (Wildman–Crippen MR) is 88.8 cm³/mol. The Morgan fingerprint density at radius 1 is 1.05 bits per heavy atom. The zero-order valence-corrected chi connectivity index (χ0v) is 12.9. The molecule has 0 unspecified atom stereocenters. The summed E-state index contributed by atoms with van der Waals surface area (Å²) in [6.07, 6.45) is 0. The molecule has 0 atom stereocenters. The van der Waals surface area contributed by atoms with E-state index in [1.54, 1.807) is 11.6 Å². The second-order valence-corrected chi connectivity index (χ2v) is 5.43. The fraction of sp³-hybridized carbons (Fsp3) is 0.235. The van der Waals surface area contributed by atoms with Gasteiger partial charge in [-0.1, -0.05) is 32.0 Å². The number of anilines is 1. The van der Waals surface area contributed by atoms with Crippen molar-refractivity contribution in [2.24, 2.45) is 0 Å². The molecule has 0 spiro atoms. The number of nitrogens with one attached hydrogen (secondary N) is 1. The molecule has 0 aliphatic rings. The van der Waals surface area contributed by atoms with Gasteiger partial charge in [0.25, 0.3) is 0 Å². The monoisotopic (exact) mass is 294 g/mol. The number of aromatic nitrogens is 3. The van der Waals surface area contributed by atoms with Gasteiger partial charge in [0.2, 0.25) is 0 Å². The van der Waals surface area contributed by atoms with Gasteiger partial charge in [-0.3, -0.25) is 0 Å². The van der Waals surface area contributed by atoms with Crippen LogP contribution in [0.2, 0.25) is 0 Å². The van der Waals surface area contributed by atoms with Gasteiger partial charge in [0.15, 0.2) is 5.65 Å².